The topological polar surface area (TPSA) is 75.7 Å². The molecule has 2 rings (SSSR count). The quantitative estimate of drug-likeness (QED) is 0.870. The summed E-state index contributed by atoms with van der Waals surface area (Å²) in [7, 11) is -1.90. The zero-order valence-corrected chi connectivity index (χ0v) is 14.6. The molecule has 0 spiro atoms. The molecule has 7 heteroatoms. The predicted molar refractivity (Wildman–Crippen MR) is 95.0 cm³/mol. The summed E-state index contributed by atoms with van der Waals surface area (Å²) in [6.45, 7) is 1.84. The molecule has 0 atom stereocenters. The van der Waals surface area contributed by atoms with Crippen LogP contribution in [-0.4, -0.2) is 34.2 Å². The molecular weight excluding hydrogens is 328 g/mol. The Labute approximate surface area is 142 Å². The van der Waals surface area contributed by atoms with Gasteiger partial charge >= 0.3 is 0 Å². The van der Waals surface area contributed by atoms with E-state index < -0.39 is 10.0 Å². The third-order valence-electron chi connectivity index (χ3n) is 3.38. The van der Waals surface area contributed by atoms with E-state index >= 15 is 0 Å². The van der Waals surface area contributed by atoms with E-state index in [1.54, 1.807) is 36.4 Å². The minimum absolute atomic E-state index is 0.130. The van der Waals surface area contributed by atoms with E-state index in [1.165, 1.54) is 7.05 Å². The third-order valence-corrected chi connectivity index (χ3v) is 4.59. The van der Waals surface area contributed by atoms with E-state index in [-0.39, 0.29) is 12.5 Å². The number of hydrogen-bond acceptors (Lipinski definition) is 4. The minimum Gasteiger partial charge on any atom is -0.484 e. The van der Waals surface area contributed by atoms with Crippen LogP contribution >= 0.6 is 0 Å². The zero-order chi connectivity index (χ0) is 17.7. The largest absolute Gasteiger partial charge is 0.484 e. The van der Waals surface area contributed by atoms with Crippen LogP contribution in [0.25, 0.3) is 0 Å². The number of carbonyl (C=O) groups excluding carboxylic acids is 1. The summed E-state index contributed by atoms with van der Waals surface area (Å²) in [6, 6.07) is 14.0. The Balaban J connectivity index is 1.98. The maximum Gasteiger partial charge on any atom is 0.262 e. The third kappa shape index (κ3) is 4.99. The summed E-state index contributed by atoms with van der Waals surface area (Å²) in [5.74, 6) is 0.288. The second kappa shape index (κ2) is 7.35. The Morgan fingerprint density at radius 1 is 1.17 bits per heavy atom. The number of nitrogens with one attached hydrogen (secondary N) is 1. The highest BCUT2D eigenvalue weighted by molar-refractivity contribution is 7.92. The smallest absolute Gasteiger partial charge is 0.262 e. The summed E-state index contributed by atoms with van der Waals surface area (Å²) in [5, 5.41) is 2.68. The molecule has 24 heavy (non-hydrogen) atoms. The first-order valence-corrected chi connectivity index (χ1v) is 9.14. The molecule has 128 valence electrons. The van der Waals surface area contributed by atoms with Crippen LogP contribution in [0.1, 0.15) is 5.56 Å². The van der Waals surface area contributed by atoms with Crippen LogP contribution < -0.4 is 14.4 Å². The van der Waals surface area contributed by atoms with Gasteiger partial charge in [0.2, 0.25) is 10.0 Å². The number of ether oxygens (including phenoxy) is 1. The first-order chi connectivity index (χ1) is 11.3. The lowest BCUT2D eigenvalue weighted by Gasteiger charge is -2.17. The van der Waals surface area contributed by atoms with Gasteiger partial charge in [0.15, 0.2) is 6.61 Å². The molecule has 0 aliphatic rings. The van der Waals surface area contributed by atoms with Crippen molar-refractivity contribution in [3.05, 3.63) is 54.1 Å². The van der Waals surface area contributed by atoms with Gasteiger partial charge in [-0.05, 0) is 37.3 Å². The van der Waals surface area contributed by atoms with Crippen molar-refractivity contribution in [3.8, 4) is 5.75 Å². The fraction of sp³-hybridized carbons (Fsp3) is 0.235. The van der Waals surface area contributed by atoms with Crippen LogP contribution in [-0.2, 0) is 14.8 Å². The van der Waals surface area contributed by atoms with Crippen LogP contribution in [0.2, 0.25) is 0 Å². The number of nitrogens with zero attached hydrogens (tertiary/aromatic N) is 1. The van der Waals surface area contributed by atoms with Crippen LogP contribution in [0.4, 0.5) is 11.4 Å². The standard InChI is InChI=1S/C17H20N2O4S/c1-13-7-9-16(10-8-13)23-12-17(20)18-14-5-4-6-15(11-14)19(2)24(3,21)22/h4-11H,12H2,1-3H3,(H,18,20). The van der Waals surface area contributed by atoms with Crippen LogP contribution in [0, 0.1) is 6.92 Å². The molecule has 0 aromatic heterocycles. The molecule has 0 unspecified atom stereocenters. The number of amides is 1. The van der Waals surface area contributed by atoms with Crippen molar-refractivity contribution in [3.63, 3.8) is 0 Å². The van der Waals surface area contributed by atoms with E-state index in [1.807, 2.05) is 19.1 Å². The van der Waals surface area contributed by atoms with Gasteiger partial charge in [0.25, 0.3) is 5.91 Å². The Morgan fingerprint density at radius 2 is 1.83 bits per heavy atom. The van der Waals surface area contributed by atoms with Crippen LogP contribution in [0.3, 0.4) is 0 Å². The Kier molecular flexibility index (Phi) is 5.46. The Morgan fingerprint density at radius 3 is 2.46 bits per heavy atom. The monoisotopic (exact) mass is 348 g/mol. The molecule has 1 amide bonds. The van der Waals surface area contributed by atoms with Crippen molar-refractivity contribution >= 4 is 27.3 Å². The van der Waals surface area contributed by atoms with Gasteiger partial charge in [-0.15, -0.1) is 0 Å². The summed E-state index contributed by atoms with van der Waals surface area (Å²) in [6.07, 6.45) is 1.12. The molecule has 2 aromatic rings. The molecular formula is C17H20N2O4S. The molecule has 0 radical (unpaired) electrons. The average molecular weight is 348 g/mol. The summed E-state index contributed by atoms with van der Waals surface area (Å²) >= 11 is 0. The number of sulfonamides is 1. The number of anilines is 2. The molecule has 0 aliphatic carbocycles. The van der Waals surface area contributed by atoms with Crippen LogP contribution in [0.5, 0.6) is 5.75 Å². The van der Waals surface area contributed by atoms with E-state index in [0.717, 1.165) is 16.1 Å². The van der Waals surface area contributed by atoms with Crippen molar-refractivity contribution < 1.29 is 17.9 Å². The fourth-order valence-corrected chi connectivity index (χ4v) is 2.45. The molecule has 0 bridgehead atoms. The maximum absolute atomic E-state index is 12.0. The van der Waals surface area contributed by atoms with E-state index in [9.17, 15) is 13.2 Å². The molecule has 0 heterocycles. The highest BCUT2D eigenvalue weighted by Gasteiger charge is 2.12. The maximum atomic E-state index is 12.0. The Bertz CT molecular complexity index is 817. The van der Waals surface area contributed by atoms with Crippen molar-refractivity contribution in [2.75, 3.05) is 29.5 Å². The molecule has 1 N–H and O–H groups in total. The molecule has 0 saturated carbocycles. The van der Waals surface area contributed by atoms with E-state index in [4.69, 9.17) is 4.74 Å². The van der Waals surface area contributed by atoms with Gasteiger partial charge < -0.3 is 10.1 Å². The molecule has 6 nitrogen and oxygen atoms in total. The van der Waals surface area contributed by atoms with Crippen molar-refractivity contribution in [1.82, 2.24) is 0 Å². The van der Waals surface area contributed by atoms with Gasteiger partial charge in [-0.1, -0.05) is 23.8 Å². The number of rotatable bonds is 6. The van der Waals surface area contributed by atoms with E-state index in [0.29, 0.717) is 17.1 Å². The second-order valence-corrected chi connectivity index (χ2v) is 7.44. The fourth-order valence-electron chi connectivity index (χ4n) is 1.95. The van der Waals surface area contributed by atoms with Crippen molar-refractivity contribution in [1.29, 1.82) is 0 Å². The molecule has 0 aliphatic heterocycles. The highest BCUT2D eigenvalue weighted by atomic mass is 32.2. The number of aryl methyl sites for hydroxylation is 1. The summed E-state index contributed by atoms with van der Waals surface area (Å²) < 4.78 is 29.7. The van der Waals surface area contributed by atoms with E-state index in [2.05, 4.69) is 5.32 Å². The average Bonchev–Trinajstić information content (AvgIpc) is 2.53. The van der Waals surface area contributed by atoms with Gasteiger partial charge in [0, 0.05) is 12.7 Å². The summed E-state index contributed by atoms with van der Waals surface area (Å²) in [4.78, 5) is 12.0. The first kappa shape index (κ1) is 17.8. The summed E-state index contributed by atoms with van der Waals surface area (Å²) in [5.41, 5.74) is 2.08. The highest BCUT2D eigenvalue weighted by Crippen LogP contribution is 2.20. The predicted octanol–water partition coefficient (Wildman–Crippen LogP) is 2.41. The van der Waals surface area contributed by atoms with Gasteiger partial charge in [-0.3, -0.25) is 9.10 Å². The minimum atomic E-state index is -3.35. The lowest BCUT2D eigenvalue weighted by atomic mass is 10.2. The molecule has 2 aromatic carbocycles. The number of carbonyl (C=O) groups is 1. The lowest BCUT2D eigenvalue weighted by Crippen LogP contribution is -2.25. The number of hydrogen-bond donors (Lipinski definition) is 1. The van der Waals surface area contributed by atoms with Gasteiger partial charge in [-0.2, -0.15) is 0 Å². The number of benzene rings is 2. The molecule has 0 saturated heterocycles. The first-order valence-electron chi connectivity index (χ1n) is 7.29. The molecule has 0 fully saturated rings. The SMILES string of the molecule is Cc1ccc(OCC(=O)Nc2cccc(N(C)S(C)(=O)=O)c2)cc1. The zero-order valence-electron chi connectivity index (χ0n) is 13.8. The second-order valence-electron chi connectivity index (χ2n) is 5.43. The van der Waals surface area contributed by atoms with Gasteiger partial charge in [-0.25, -0.2) is 8.42 Å². The van der Waals surface area contributed by atoms with Crippen LogP contribution in [0.15, 0.2) is 48.5 Å². The normalized spacial score (nSPS) is 11.0. The van der Waals surface area contributed by atoms with Gasteiger partial charge in [0.05, 0.1) is 11.9 Å². The van der Waals surface area contributed by atoms with Gasteiger partial charge in [0.1, 0.15) is 5.75 Å². The van der Waals surface area contributed by atoms with Crippen molar-refractivity contribution in [2.45, 2.75) is 6.92 Å². The Hall–Kier alpha value is -2.54. The lowest BCUT2D eigenvalue weighted by molar-refractivity contribution is -0.118. The van der Waals surface area contributed by atoms with Crippen molar-refractivity contribution in [2.24, 2.45) is 0 Å².